The Hall–Kier alpha value is -2.04. The summed E-state index contributed by atoms with van der Waals surface area (Å²) in [5, 5.41) is 2.82. The number of ether oxygens (including phenoxy) is 3. The zero-order chi connectivity index (χ0) is 20.7. The van der Waals surface area contributed by atoms with Crippen LogP contribution in [0.1, 0.15) is 6.92 Å². The second-order valence-electron chi connectivity index (χ2n) is 6.52. The van der Waals surface area contributed by atoms with Gasteiger partial charge < -0.3 is 19.5 Å². The summed E-state index contributed by atoms with van der Waals surface area (Å²) < 4.78 is 41.6. The van der Waals surface area contributed by atoms with E-state index in [1.165, 1.54) is 20.3 Å². The molecule has 1 unspecified atom stereocenters. The molecule has 1 aromatic carbocycles. The molecule has 10 heteroatoms. The van der Waals surface area contributed by atoms with Crippen molar-refractivity contribution in [2.75, 3.05) is 64.2 Å². The number of rotatable bonds is 9. The molecule has 1 saturated heterocycles. The summed E-state index contributed by atoms with van der Waals surface area (Å²) in [6.45, 7) is 5.71. The highest BCUT2D eigenvalue weighted by atomic mass is 32.2. The summed E-state index contributed by atoms with van der Waals surface area (Å²) >= 11 is 0. The second kappa shape index (κ2) is 9.94. The number of amides is 1. The molecule has 0 saturated carbocycles. The topological polar surface area (TPSA) is 97.4 Å². The van der Waals surface area contributed by atoms with Crippen molar-refractivity contribution >= 4 is 21.6 Å². The van der Waals surface area contributed by atoms with Crippen LogP contribution in [0.2, 0.25) is 0 Å². The molecular formula is C18H29N3O6S. The quantitative estimate of drug-likeness (QED) is 0.620. The molecule has 1 aromatic rings. The van der Waals surface area contributed by atoms with E-state index in [1.807, 2.05) is 0 Å². The van der Waals surface area contributed by atoms with Gasteiger partial charge in [0.05, 0.1) is 39.4 Å². The van der Waals surface area contributed by atoms with E-state index >= 15 is 0 Å². The van der Waals surface area contributed by atoms with Gasteiger partial charge in [-0.1, -0.05) is 0 Å². The lowest BCUT2D eigenvalue weighted by molar-refractivity contribution is -0.121. The minimum atomic E-state index is -3.70. The molecule has 158 valence electrons. The Labute approximate surface area is 166 Å². The molecule has 1 fully saturated rings. The van der Waals surface area contributed by atoms with Crippen LogP contribution in [0.4, 0.5) is 5.69 Å². The van der Waals surface area contributed by atoms with Gasteiger partial charge in [0.25, 0.3) is 0 Å². The Balaban J connectivity index is 2.10. The third kappa shape index (κ3) is 5.73. The zero-order valence-electron chi connectivity index (χ0n) is 16.8. The van der Waals surface area contributed by atoms with Crippen LogP contribution in [0, 0.1) is 0 Å². The van der Waals surface area contributed by atoms with Gasteiger partial charge in [0.15, 0.2) is 11.5 Å². The molecule has 1 N–H and O–H groups in total. The molecule has 0 aliphatic carbocycles. The molecule has 0 radical (unpaired) electrons. The average molecular weight is 416 g/mol. The van der Waals surface area contributed by atoms with Gasteiger partial charge in [0, 0.05) is 32.2 Å². The van der Waals surface area contributed by atoms with Crippen molar-refractivity contribution < 1.29 is 27.4 Å². The standard InChI is InChI=1S/C18H29N3O6S/c1-14(18(22)19-7-8-20-9-11-27-12-10-20)21(28(4,23)24)15-5-6-16(25-2)17(13-15)26-3/h5-6,13-14H,7-12H2,1-4H3,(H,19,22). The van der Waals surface area contributed by atoms with Crippen LogP contribution >= 0.6 is 0 Å². The molecule has 28 heavy (non-hydrogen) atoms. The summed E-state index contributed by atoms with van der Waals surface area (Å²) in [6, 6.07) is 3.81. The molecule has 0 spiro atoms. The van der Waals surface area contributed by atoms with E-state index in [2.05, 4.69) is 10.2 Å². The number of nitrogens with zero attached hydrogens (tertiary/aromatic N) is 2. The van der Waals surface area contributed by atoms with Crippen molar-refractivity contribution in [2.45, 2.75) is 13.0 Å². The minimum absolute atomic E-state index is 0.330. The van der Waals surface area contributed by atoms with E-state index in [0.717, 1.165) is 23.7 Å². The molecule has 9 nitrogen and oxygen atoms in total. The number of sulfonamides is 1. The van der Waals surface area contributed by atoms with E-state index < -0.39 is 16.1 Å². The van der Waals surface area contributed by atoms with Gasteiger partial charge in [0.2, 0.25) is 15.9 Å². The van der Waals surface area contributed by atoms with Crippen LogP contribution < -0.4 is 19.1 Å². The van der Waals surface area contributed by atoms with Crippen molar-refractivity contribution in [1.29, 1.82) is 0 Å². The van der Waals surface area contributed by atoms with Crippen LogP contribution in [-0.4, -0.2) is 85.1 Å². The highest BCUT2D eigenvalue weighted by molar-refractivity contribution is 7.92. The Kier molecular flexibility index (Phi) is 7.90. The number of anilines is 1. The summed E-state index contributed by atoms with van der Waals surface area (Å²) in [4.78, 5) is 14.8. The lowest BCUT2D eigenvalue weighted by Gasteiger charge is -2.30. The van der Waals surface area contributed by atoms with Crippen molar-refractivity contribution in [2.24, 2.45) is 0 Å². The average Bonchev–Trinajstić information content (AvgIpc) is 2.67. The Morgan fingerprint density at radius 1 is 1.25 bits per heavy atom. The predicted octanol–water partition coefficient (Wildman–Crippen LogP) is 0.307. The van der Waals surface area contributed by atoms with Gasteiger partial charge >= 0.3 is 0 Å². The van der Waals surface area contributed by atoms with E-state index in [4.69, 9.17) is 14.2 Å². The summed E-state index contributed by atoms with van der Waals surface area (Å²) in [5.74, 6) is 0.490. The normalized spacial score (nSPS) is 16.3. The first kappa shape index (κ1) is 22.3. The summed E-state index contributed by atoms with van der Waals surface area (Å²) in [5.41, 5.74) is 0.330. The number of hydrogen-bond donors (Lipinski definition) is 1. The van der Waals surface area contributed by atoms with Crippen molar-refractivity contribution in [3.63, 3.8) is 0 Å². The van der Waals surface area contributed by atoms with Gasteiger partial charge in [-0.3, -0.25) is 14.0 Å². The maximum Gasteiger partial charge on any atom is 0.243 e. The molecule has 1 aliphatic rings. The van der Waals surface area contributed by atoms with E-state index in [9.17, 15) is 13.2 Å². The van der Waals surface area contributed by atoms with Gasteiger partial charge in [-0.15, -0.1) is 0 Å². The number of carbonyl (C=O) groups is 1. The zero-order valence-corrected chi connectivity index (χ0v) is 17.6. The van der Waals surface area contributed by atoms with Crippen molar-refractivity contribution in [1.82, 2.24) is 10.2 Å². The Bertz CT molecular complexity index is 765. The van der Waals surface area contributed by atoms with Gasteiger partial charge in [-0.2, -0.15) is 0 Å². The number of nitrogens with one attached hydrogen (secondary N) is 1. The number of carbonyl (C=O) groups excluding carboxylic acids is 1. The first-order chi connectivity index (χ1) is 13.3. The SMILES string of the molecule is COc1ccc(N(C(C)C(=O)NCCN2CCOCC2)S(C)(=O)=O)cc1OC. The molecule has 0 aromatic heterocycles. The minimum Gasteiger partial charge on any atom is -0.493 e. The molecule has 1 aliphatic heterocycles. The number of morpholine rings is 1. The highest BCUT2D eigenvalue weighted by Crippen LogP contribution is 2.33. The van der Waals surface area contributed by atoms with Crippen LogP contribution in [0.25, 0.3) is 0 Å². The smallest absolute Gasteiger partial charge is 0.243 e. The largest absolute Gasteiger partial charge is 0.493 e. The first-order valence-corrected chi connectivity index (χ1v) is 10.9. The number of benzene rings is 1. The van der Waals surface area contributed by atoms with Gasteiger partial charge in [-0.05, 0) is 19.1 Å². The third-order valence-corrected chi connectivity index (χ3v) is 5.78. The maximum atomic E-state index is 12.6. The van der Waals surface area contributed by atoms with Gasteiger partial charge in [0.1, 0.15) is 6.04 Å². The van der Waals surface area contributed by atoms with Crippen LogP contribution in [0.3, 0.4) is 0 Å². The van der Waals surface area contributed by atoms with Crippen LogP contribution in [-0.2, 0) is 19.6 Å². The number of methoxy groups -OCH3 is 2. The highest BCUT2D eigenvalue weighted by Gasteiger charge is 2.29. The summed E-state index contributed by atoms with van der Waals surface area (Å²) in [7, 11) is -0.740. The fraction of sp³-hybridized carbons (Fsp3) is 0.611. The molecule has 1 heterocycles. The molecule has 1 atom stereocenters. The van der Waals surface area contributed by atoms with E-state index in [-0.39, 0.29) is 5.91 Å². The third-order valence-electron chi connectivity index (χ3n) is 4.54. The monoisotopic (exact) mass is 415 g/mol. The van der Waals surface area contributed by atoms with Gasteiger partial charge in [-0.25, -0.2) is 8.42 Å². The Morgan fingerprint density at radius 3 is 2.46 bits per heavy atom. The second-order valence-corrected chi connectivity index (χ2v) is 8.38. The first-order valence-electron chi connectivity index (χ1n) is 9.07. The lowest BCUT2D eigenvalue weighted by atomic mass is 10.2. The van der Waals surface area contributed by atoms with Crippen molar-refractivity contribution in [3.05, 3.63) is 18.2 Å². The fourth-order valence-electron chi connectivity index (χ4n) is 3.08. The molecule has 0 bridgehead atoms. The van der Waals surface area contributed by atoms with Crippen LogP contribution in [0.5, 0.6) is 11.5 Å². The van der Waals surface area contributed by atoms with Crippen molar-refractivity contribution in [3.8, 4) is 11.5 Å². The molecule has 1 amide bonds. The van der Waals surface area contributed by atoms with Crippen LogP contribution in [0.15, 0.2) is 18.2 Å². The van der Waals surface area contributed by atoms with E-state index in [0.29, 0.717) is 43.5 Å². The lowest BCUT2D eigenvalue weighted by Crippen LogP contribution is -2.49. The maximum absolute atomic E-state index is 12.6. The van der Waals surface area contributed by atoms with E-state index in [1.54, 1.807) is 19.1 Å². The number of hydrogen-bond acceptors (Lipinski definition) is 7. The predicted molar refractivity (Wildman–Crippen MR) is 107 cm³/mol. The molecule has 2 rings (SSSR count). The fourth-order valence-corrected chi connectivity index (χ4v) is 4.25. The molecular weight excluding hydrogens is 386 g/mol. The Morgan fingerprint density at radius 2 is 1.89 bits per heavy atom. The summed E-state index contributed by atoms with van der Waals surface area (Å²) in [6.07, 6.45) is 1.07.